The molecule has 0 spiro atoms. The van der Waals surface area contributed by atoms with Crippen molar-refractivity contribution in [1.29, 1.82) is 0 Å². The van der Waals surface area contributed by atoms with Gasteiger partial charge in [-0.05, 0) is 37.1 Å². The molecule has 34 heavy (non-hydrogen) atoms. The van der Waals surface area contributed by atoms with E-state index in [1.165, 1.54) is 31.0 Å². The number of para-hydroxylation sites is 1. The summed E-state index contributed by atoms with van der Waals surface area (Å²) >= 11 is 1.47. The van der Waals surface area contributed by atoms with Crippen LogP contribution in [-0.4, -0.2) is 44.0 Å². The third kappa shape index (κ3) is 4.40. The summed E-state index contributed by atoms with van der Waals surface area (Å²) in [4.78, 5) is 25.9. The predicted octanol–water partition coefficient (Wildman–Crippen LogP) is 3.97. The van der Waals surface area contributed by atoms with Crippen LogP contribution >= 0.6 is 11.8 Å². The van der Waals surface area contributed by atoms with E-state index < -0.39 is 0 Å². The summed E-state index contributed by atoms with van der Waals surface area (Å²) in [6.45, 7) is 0. The van der Waals surface area contributed by atoms with Crippen LogP contribution in [-0.2, 0) is 4.79 Å². The Morgan fingerprint density at radius 3 is 2.76 bits per heavy atom. The number of ether oxygens (including phenoxy) is 1. The number of methoxy groups -OCH3 is 1. The Kier molecular flexibility index (Phi) is 6.53. The number of fused-ring (bicyclic) bond motifs is 3. The first kappa shape index (κ1) is 22.5. The zero-order valence-corrected chi connectivity index (χ0v) is 19.9. The summed E-state index contributed by atoms with van der Waals surface area (Å²) in [5.74, 6) is 1.72. The molecule has 2 heterocycles. The van der Waals surface area contributed by atoms with E-state index in [0.717, 1.165) is 18.4 Å². The summed E-state index contributed by atoms with van der Waals surface area (Å²) < 4.78 is 8.79. The zero-order chi connectivity index (χ0) is 23.5. The molecular weight excluding hydrogens is 450 g/mol. The Hall–Kier alpha value is -3.33. The lowest BCUT2D eigenvalue weighted by Crippen LogP contribution is -2.36. The van der Waals surface area contributed by atoms with E-state index in [-0.39, 0.29) is 11.5 Å². The van der Waals surface area contributed by atoms with Crippen LogP contribution in [0.4, 0.5) is 0 Å². The van der Waals surface area contributed by atoms with E-state index in [4.69, 9.17) is 4.74 Å². The molecule has 0 atom stereocenters. The average Bonchev–Trinajstić information content (AvgIpc) is 3.28. The summed E-state index contributed by atoms with van der Waals surface area (Å²) in [5, 5.41) is 13.1. The van der Waals surface area contributed by atoms with Crippen molar-refractivity contribution in [2.24, 2.45) is 0 Å². The highest BCUT2D eigenvalue weighted by Gasteiger charge is 2.19. The molecule has 5 rings (SSSR count). The van der Waals surface area contributed by atoms with Crippen molar-refractivity contribution < 1.29 is 9.53 Å². The molecule has 1 amide bonds. The molecule has 0 saturated heterocycles. The molecule has 1 fully saturated rings. The molecule has 0 bridgehead atoms. The standard InChI is InChI=1S/C25H27N5O3S/c1-33-19-11-7-10-18(16-19)29-23(32)20-12-5-6-13-21(20)30-24(29)27-28-25(30)34-15-14-22(31)26-17-8-3-2-4-9-17/h5-7,10-13,16-17H,2-4,8-9,14-15H2,1H3,(H,26,31). The first-order valence-corrected chi connectivity index (χ1v) is 12.6. The lowest BCUT2D eigenvalue weighted by molar-refractivity contribution is -0.121. The van der Waals surface area contributed by atoms with Gasteiger partial charge in [-0.3, -0.25) is 14.0 Å². The normalized spacial score (nSPS) is 14.5. The lowest BCUT2D eigenvalue weighted by Gasteiger charge is -2.22. The van der Waals surface area contributed by atoms with Gasteiger partial charge in [-0.15, -0.1) is 10.2 Å². The van der Waals surface area contributed by atoms with Crippen molar-refractivity contribution in [3.8, 4) is 11.4 Å². The fourth-order valence-electron chi connectivity index (χ4n) is 4.54. The van der Waals surface area contributed by atoms with Crippen LogP contribution in [0.5, 0.6) is 5.75 Å². The van der Waals surface area contributed by atoms with Crippen molar-refractivity contribution in [3.05, 3.63) is 58.9 Å². The van der Waals surface area contributed by atoms with Gasteiger partial charge in [-0.2, -0.15) is 0 Å². The molecule has 1 saturated carbocycles. The Balaban J connectivity index is 1.46. The topological polar surface area (TPSA) is 90.5 Å². The minimum Gasteiger partial charge on any atom is -0.497 e. The molecule has 2 aromatic heterocycles. The smallest absolute Gasteiger partial charge is 0.267 e. The highest BCUT2D eigenvalue weighted by atomic mass is 32.2. The molecule has 8 nitrogen and oxygen atoms in total. The van der Waals surface area contributed by atoms with E-state index >= 15 is 0 Å². The number of hydrogen-bond acceptors (Lipinski definition) is 6. The highest BCUT2D eigenvalue weighted by Crippen LogP contribution is 2.25. The number of nitrogens with zero attached hydrogens (tertiary/aromatic N) is 4. The largest absolute Gasteiger partial charge is 0.497 e. The fraction of sp³-hybridized carbons (Fsp3) is 0.360. The first-order valence-electron chi connectivity index (χ1n) is 11.6. The molecule has 0 unspecified atom stereocenters. The number of amides is 1. The van der Waals surface area contributed by atoms with Crippen LogP contribution in [0.1, 0.15) is 38.5 Å². The number of nitrogens with one attached hydrogen (secondary N) is 1. The second kappa shape index (κ2) is 9.89. The van der Waals surface area contributed by atoms with E-state index in [1.807, 2.05) is 40.8 Å². The molecule has 4 aromatic rings. The Morgan fingerprint density at radius 1 is 1.12 bits per heavy atom. The summed E-state index contributed by atoms with van der Waals surface area (Å²) in [6.07, 6.45) is 6.18. The summed E-state index contributed by atoms with van der Waals surface area (Å²) in [5.41, 5.74) is 1.21. The lowest BCUT2D eigenvalue weighted by atomic mass is 9.95. The molecule has 9 heteroatoms. The fourth-order valence-corrected chi connectivity index (χ4v) is 5.41. The van der Waals surface area contributed by atoms with E-state index in [2.05, 4.69) is 15.5 Å². The van der Waals surface area contributed by atoms with Gasteiger partial charge in [0.05, 0.1) is 23.7 Å². The number of thioether (sulfide) groups is 1. The van der Waals surface area contributed by atoms with Crippen LogP contribution < -0.4 is 15.6 Å². The second-order valence-electron chi connectivity index (χ2n) is 8.48. The summed E-state index contributed by atoms with van der Waals surface area (Å²) in [7, 11) is 1.59. The van der Waals surface area contributed by atoms with Crippen molar-refractivity contribution in [2.75, 3.05) is 12.9 Å². The monoisotopic (exact) mass is 477 g/mol. The van der Waals surface area contributed by atoms with Gasteiger partial charge in [0.15, 0.2) is 5.16 Å². The van der Waals surface area contributed by atoms with Gasteiger partial charge in [0.2, 0.25) is 11.7 Å². The number of carbonyl (C=O) groups is 1. The molecular formula is C25H27N5O3S. The number of aromatic nitrogens is 4. The minimum absolute atomic E-state index is 0.0753. The molecule has 1 N–H and O–H groups in total. The van der Waals surface area contributed by atoms with Crippen LogP contribution in [0.15, 0.2) is 58.5 Å². The van der Waals surface area contributed by atoms with E-state index in [1.54, 1.807) is 23.8 Å². The van der Waals surface area contributed by atoms with Gasteiger partial charge in [-0.1, -0.05) is 49.2 Å². The van der Waals surface area contributed by atoms with Crippen molar-refractivity contribution in [1.82, 2.24) is 24.5 Å². The third-order valence-electron chi connectivity index (χ3n) is 6.24. The molecule has 1 aliphatic rings. The van der Waals surface area contributed by atoms with Crippen molar-refractivity contribution in [3.63, 3.8) is 0 Å². The Morgan fingerprint density at radius 2 is 1.94 bits per heavy atom. The molecule has 2 aromatic carbocycles. The second-order valence-corrected chi connectivity index (χ2v) is 9.54. The van der Waals surface area contributed by atoms with Crippen LogP contribution in [0, 0.1) is 0 Å². The third-order valence-corrected chi connectivity index (χ3v) is 7.17. The molecule has 176 valence electrons. The van der Waals surface area contributed by atoms with E-state index in [9.17, 15) is 9.59 Å². The molecule has 0 radical (unpaired) electrons. The maximum Gasteiger partial charge on any atom is 0.267 e. The molecule has 0 aliphatic heterocycles. The Labute approximate surface area is 201 Å². The van der Waals surface area contributed by atoms with Gasteiger partial charge in [0, 0.05) is 24.3 Å². The maximum absolute atomic E-state index is 13.4. The maximum atomic E-state index is 13.4. The number of hydrogen-bond donors (Lipinski definition) is 1. The summed E-state index contributed by atoms with van der Waals surface area (Å²) in [6, 6.07) is 15.0. The minimum atomic E-state index is -0.174. The van der Waals surface area contributed by atoms with Gasteiger partial charge >= 0.3 is 0 Å². The number of carbonyl (C=O) groups excluding carboxylic acids is 1. The van der Waals surface area contributed by atoms with Crippen LogP contribution in [0.2, 0.25) is 0 Å². The van der Waals surface area contributed by atoms with Crippen molar-refractivity contribution in [2.45, 2.75) is 49.7 Å². The number of rotatable bonds is 7. The zero-order valence-electron chi connectivity index (χ0n) is 19.1. The van der Waals surface area contributed by atoms with Gasteiger partial charge in [0.1, 0.15) is 5.75 Å². The van der Waals surface area contributed by atoms with E-state index in [0.29, 0.717) is 46.0 Å². The van der Waals surface area contributed by atoms with Gasteiger partial charge in [-0.25, -0.2) is 4.57 Å². The Bertz CT molecular complexity index is 1390. The van der Waals surface area contributed by atoms with Crippen LogP contribution in [0.3, 0.4) is 0 Å². The average molecular weight is 478 g/mol. The van der Waals surface area contributed by atoms with Crippen molar-refractivity contribution >= 4 is 34.3 Å². The highest BCUT2D eigenvalue weighted by molar-refractivity contribution is 7.99. The van der Waals surface area contributed by atoms with Gasteiger partial charge < -0.3 is 10.1 Å². The first-order chi connectivity index (χ1) is 16.7. The SMILES string of the molecule is COc1cccc(-n2c(=O)c3ccccc3n3c(SCCC(=O)NC4CCCCC4)nnc23)c1. The quantitative estimate of drug-likeness (QED) is 0.405. The number of benzene rings is 2. The van der Waals surface area contributed by atoms with Crippen LogP contribution in [0.25, 0.3) is 22.4 Å². The molecule has 1 aliphatic carbocycles. The van der Waals surface area contributed by atoms with Gasteiger partial charge in [0.25, 0.3) is 5.56 Å². The predicted molar refractivity (Wildman–Crippen MR) is 133 cm³/mol.